The van der Waals surface area contributed by atoms with Crippen LogP contribution in [0.3, 0.4) is 0 Å². The number of fused-ring (bicyclic) bond motifs is 1. The van der Waals surface area contributed by atoms with Crippen LogP contribution in [0.5, 0.6) is 0 Å². The van der Waals surface area contributed by atoms with Crippen molar-refractivity contribution in [3.05, 3.63) is 0 Å². The van der Waals surface area contributed by atoms with Gasteiger partial charge in [0.25, 0.3) is 0 Å². The fourth-order valence-corrected chi connectivity index (χ4v) is 2.78. The van der Waals surface area contributed by atoms with Gasteiger partial charge in [-0.3, -0.25) is 4.79 Å². The molecule has 2 aliphatic rings. The molecule has 2 rings (SSSR count). The van der Waals surface area contributed by atoms with Gasteiger partial charge >= 0.3 is 0 Å². The van der Waals surface area contributed by atoms with E-state index in [-0.39, 0.29) is 5.92 Å². The zero-order chi connectivity index (χ0) is 10.2. The lowest BCUT2D eigenvalue weighted by Crippen LogP contribution is -2.56. The van der Waals surface area contributed by atoms with Crippen LogP contribution in [0, 0.1) is 5.92 Å². The first kappa shape index (κ1) is 10.1. The number of Topliss-reactive ketones (excluding diaryl/α,β-unsaturated/α-hetero) is 1. The molecule has 14 heavy (non-hydrogen) atoms. The van der Waals surface area contributed by atoms with E-state index < -0.39 is 5.60 Å². The average molecular weight is 197 g/mol. The van der Waals surface area contributed by atoms with Gasteiger partial charge in [-0.2, -0.15) is 0 Å². The summed E-state index contributed by atoms with van der Waals surface area (Å²) >= 11 is 0. The number of hydrogen-bond acceptors (Lipinski definition) is 3. The van der Waals surface area contributed by atoms with Crippen LogP contribution in [0.25, 0.3) is 0 Å². The molecular weight excluding hydrogens is 178 g/mol. The Morgan fingerprint density at radius 1 is 1.64 bits per heavy atom. The van der Waals surface area contributed by atoms with Gasteiger partial charge in [-0.05, 0) is 31.8 Å². The van der Waals surface area contributed by atoms with E-state index in [1.54, 1.807) is 0 Å². The van der Waals surface area contributed by atoms with Gasteiger partial charge in [-0.15, -0.1) is 0 Å². The molecule has 3 heteroatoms. The third kappa shape index (κ3) is 1.71. The second kappa shape index (κ2) is 3.63. The summed E-state index contributed by atoms with van der Waals surface area (Å²) in [6.45, 7) is 4.93. The Kier molecular flexibility index (Phi) is 2.62. The first-order valence-corrected chi connectivity index (χ1v) is 5.60. The van der Waals surface area contributed by atoms with Gasteiger partial charge in [-0.25, -0.2) is 0 Å². The topological polar surface area (TPSA) is 40.5 Å². The number of likely N-dealkylation sites (tertiary alicyclic amines) is 1. The summed E-state index contributed by atoms with van der Waals surface area (Å²) in [5, 5.41) is 10.4. The second-order valence-corrected chi connectivity index (χ2v) is 4.70. The van der Waals surface area contributed by atoms with Crippen LogP contribution in [0.15, 0.2) is 0 Å². The highest BCUT2D eigenvalue weighted by atomic mass is 16.3. The second-order valence-electron chi connectivity index (χ2n) is 4.70. The van der Waals surface area contributed by atoms with E-state index in [4.69, 9.17) is 0 Å². The molecule has 0 radical (unpaired) electrons. The van der Waals surface area contributed by atoms with Crippen LogP contribution in [0.1, 0.15) is 32.6 Å². The van der Waals surface area contributed by atoms with Gasteiger partial charge < -0.3 is 10.0 Å². The summed E-state index contributed by atoms with van der Waals surface area (Å²) < 4.78 is 0. The lowest BCUT2D eigenvalue weighted by atomic mass is 9.71. The van der Waals surface area contributed by atoms with E-state index >= 15 is 0 Å². The van der Waals surface area contributed by atoms with E-state index in [9.17, 15) is 9.90 Å². The van der Waals surface area contributed by atoms with Crippen molar-refractivity contribution in [2.45, 2.75) is 38.2 Å². The lowest BCUT2D eigenvalue weighted by molar-refractivity contribution is -0.139. The van der Waals surface area contributed by atoms with Crippen LogP contribution in [-0.2, 0) is 4.79 Å². The number of aliphatic hydroxyl groups is 1. The number of carbonyl (C=O) groups excluding carboxylic acids is 1. The molecule has 1 aliphatic carbocycles. The molecule has 3 nitrogen and oxygen atoms in total. The predicted octanol–water partition coefficient (Wildman–Crippen LogP) is 0.812. The van der Waals surface area contributed by atoms with E-state index in [0.29, 0.717) is 25.0 Å². The highest BCUT2D eigenvalue weighted by Crippen LogP contribution is 2.37. The lowest BCUT2D eigenvalue weighted by Gasteiger charge is -2.47. The van der Waals surface area contributed by atoms with Crippen LogP contribution in [0.4, 0.5) is 0 Å². The van der Waals surface area contributed by atoms with Gasteiger partial charge in [0.1, 0.15) is 5.78 Å². The molecule has 1 N–H and O–H groups in total. The van der Waals surface area contributed by atoms with Crippen LogP contribution in [-0.4, -0.2) is 41.0 Å². The Balaban J connectivity index is 2.07. The summed E-state index contributed by atoms with van der Waals surface area (Å²) in [5.74, 6) is 0.566. The molecule has 1 heterocycles. The molecule has 0 amide bonds. The average Bonchev–Trinajstić information content (AvgIpc) is 2.18. The van der Waals surface area contributed by atoms with Crippen LogP contribution in [0.2, 0.25) is 0 Å². The van der Waals surface area contributed by atoms with Crippen molar-refractivity contribution in [1.29, 1.82) is 0 Å². The number of likely N-dealkylation sites (N-methyl/N-ethyl adjacent to an activating group) is 1. The van der Waals surface area contributed by atoms with E-state index in [2.05, 4.69) is 11.8 Å². The molecule has 0 aromatic heterocycles. The number of ketones is 1. The molecule has 0 bridgehead atoms. The van der Waals surface area contributed by atoms with Crippen molar-refractivity contribution in [3.8, 4) is 0 Å². The number of nitrogens with zero attached hydrogens (tertiary/aromatic N) is 1. The summed E-state index contributed by atoms with van der Waals surface area (Å²) in [7, 11) is 0. The maximum atomic E-state index is 11.3. The Morgan fingerprint density at radius 3 is 3.14 bits per heavy atom. The normalized spacial score (nSPS) is 39.6. The van der Waals surface area contributed by atoms with Crippen molar-refractivity contribution in [3.63, 3.8) is 0 Å². The molecule has 2 fully saturated rings. The largest absolute Gasteiger partial charge is 0.388 e. The first-order valence-electron chi connectivity index (χ1n) is 5.60. The summed E-state index contributed by atoms with van der Waals surface area (Å²) in [6.07, 6.45) is 2.84. The molecular formula is C11H19NO2. The van der Waals surface area contributed by atoms with Gasteiger partial charge in [-0.1, -0.05) is 6.92 Å². The third-order valence-electron chi connectivity index (χ3n) is 3.81. The molecule has 0 aromatic carbocycles. The minimum Gasteiger partial charge on any atom is -0.388 e. The molecule has 1 saturated carbocycles. The Bertz CT molecular complexity index is 241. The van der Waals surface area contributed by atoms with E-state index in [1.165, 1.54) is 0 Å². The molecule has 1 aliphatic heterocycles. The van der Waals surface area contributed by atoms with Crippen LogP contribution < -0.4 is 0 Å². The highest BCUT2D eigenvalue weighted by Gasteiger charge is 2.44. The number of β-amino-alcohol motifs (C(OH)–C–C–N with tert-alkyl or cyclic N) is 1. The van der Waals surface area contributed by atoms with Crippen molar-refractivity contribution in [1.82, 2.24) is 4.90 Å². The standard InChI is InChI=1S/C11H19NO2/c1-2-12-6-4-9-7-10(13)3-5-11(9,14)8-12/h9,14H,2-8H2,1H3. The predicted molar refractivity (Wildman–Crippen MR) is 54.0 cm³/mol. The molecule has 2 unspecified atom stereocenters. The van der Waals surface area contributed by atoms with Crippen molar-refractivity contribution in [2.75, 3.05) is 19.6 Å². The fraction of sp³-hybridized carbons (Fsp3) is 0.909. The fourth-order valence-electron chi connectivity index (χ4n) is 2.78. The van der Waals surface area contributed by atoms with Crippen LogP contribution >= 0.6 is 0 Å². The number of rotatable bonds is 1. The molecule has 2 atom stereocenters. The number of hydrogen-bond donors (Lipinski definition) is 1. The number of carbonyl (C=O) groups is 1. The quantitative estimate of drug-likeness (QED) is 0.676. The minimum absolute atomic E-state index is 0.228. The Hall–Kier alpha value is -0.410. The maximum Gasteiger partial charge on any atom is 0.133 e. The monoisotopic (exact) mass is 197 g/mol. The van der Waals surface area contributed by atoms with Crippen molar-refractivity contribution in [2.24, 2.45) is 5.92 Å². The zero-order valence-electron chi connectivity index (χ0n) is 8.83. The molecule has 1 saturated heterocycles. The van der Waals surface area contributed by atoms with Crippen molar-refractivity contribution >= 4 is 5.78 Å². The third-order valence-corrected chi connectivity index (χ3v) is 3.81. The van der Waals surface area contributed by atoms with Gasteiger partial charge in [0.05, 0.1) is 5.60 Å². The molecule has 0 spiro atoms. The maximum absolute atomic E-state index is 11.3. The Morgan fingerprint density at radius 2 is 2.43 bits per heavy atom. The first-order chi connectivity index (χ1) is 6.64. The molecule has 0 aromatic rings. The summed E-state index contributed by atoms with van der Waals surface area (Å²) in [5.41, 5.74) is -0.567. The smallest absolute Gasteiger partial charge is 0.133 e. The molecule has 80 valence electrons. The number of piperidine rings is 1. The van der Waals surface area contributed by atoms with Crippen molar-refractivity contribution < 1.29 is 9.90 Å². The zero-order valence-corrected chi connectivity index (χ0v) is 8.83. The summed E-state index contributed by atoms with van der Waals surface area (Å²) in [6, 6.07) is 0. The summed E-state index contributed by atoms with van der Waals surface area (Å²) in [4.78, 5) is 13.6. The van der Waals surface area contributed by atoms with E-state index in [0.717, 1.165) is 26.1 Å². The van der Waals surface area contributed by atoms with Gasteiger partial charge in [0.15, 0.2) is 0 Å². The van der Waals surface area contributed by atoms with Gasteiger partial charge in [0, 0.05) is 19.4 Å². The Labute approximate surface area is 85.1 Å². The van der Waals surface area contributed by atoms with Gasteiger partial charge in [0.2, 0.25) is 0 Å². The SMILES string of the molecule is CCN1CCC2CC(=O)CCC2(O)C1. The highest BCUT2D eigenvalue weighted by molar-refractivity contribution is 5.79. The van der Waals surface area contributed by atoms with E-state index in [1.807, 2.05) is 0 Å². The minimum atomic E-state index is -0.567.